The molecule has 0 amide bonds. The van der Waals surface area contributed by atoms with Gasteiger partial charge < -0.3 is 19.1 Å². The van der Waals surface area contributed by atoms with Crippen molar-refractivity contribution in [3.63, 3.8) is 0 Å². The number of allylic oxidation sites excluding steroid dienone is 1. The molecule has 0 aromatic heterocycles. The van der Waals surface area contributed by atoms with E-state index in [2.05, 4.69) is 6.58 Å². The summed E-state index contributed by atoms with van der Waals surface area (Å²) >= 11 is 3.46. The number of nitrogens with zero attached hydrogens (tertiary/aromatic N) is 1. The minimum Gasteiger partial charge on any atom is -0.464 e. The van der Waals surface area contributed by atoms with Gasteiger partial charge in [-0.3, -0.25) is 13.8 Å². The Balaban J connectivity index is 1.51. The maximum absolute atomic E-state index is 13.0. The van der Waals surface area contributed by atoms with Crippen molar-refractivity contribution in [1.82, 2.24) is 0 Å². The fourth-order valence-electron chi connectivity index (χ4n) is 4.44. The van der Waals surface area contributed by atoms with E-state index in [1.54, 1.807) is 49.3 Å². The SMILES string of the molecule is C=C1CSCC(COC(=O)CCC(=O)OCCOC(=O)C(=C2N(C)c3ccccc3C2(C)C)S(=O)(=O)OC)SC1. The number of hydrogen-bond acceptors (Lipinski definition) is 12. The fraction of sp³-hybridized carbons (Fsp3) is 0.519. The first-order valence-corrected chi connectivity index (χ1v) is 16.2. The number of benzene rings is 1. The largest absolute Gasteiger partial charge is 0.464 e. The van der Waals surface area contributed by atoms with Gasteiger partial charge >= 0.3 is 28.0 Å². The lowest BCUT2D eigenvalue weighted by atomic mass is 9.83. The van der Waals surface area contributed by atoms with Gasteiger partial charge in [-0.25, -0.2) is 4.79 Å². The first-order chi connectivity index (χ1) is 18.9. The van der Waals surface area contributed by atoms with Gasteiger partial charge in [0.05, 0.1) is 25.6 Å². The predicted molar refractivity (Wildman–Crippen MR) is 156 cm³/mol. The van der Waals surface area contributed by atoms with E-state index in [-0.39, 0.29) is 43.6 Å². The third kappa shape index (κ3) is 7.83. The van der Waals surface area contributed by atoms with Crippen LogP contribution in [0.2, 0.25) is 0 Å². The van der Waals surface area contributed by atoms with Crippen molar-refractivity contribution in [2.45, 2.75) is 37.4 Å². The molecule has 1 saturated heterocycles. The van der Waals surface area contributed by atoms with Crippen LogP contribution in [0.25, 0.3) is 0 Å². The number of carbonyl (C=O) groups is 3. The third-order valence-electron chi connectivity index (χ3n) is 6.41. The Morgan fingerprint density at radius 2 is 1.70 bits per heavy atom. The van der Waals surface area contributed by atoms with Gasteiger partial charge in [0.2, 0.25) is 0 Å². The van der Waals surface area contributed by atoms with Gasteiger partial charge in [-0.15, -0.1) is 11.8 Å². The monoisotopic (exact) mass is 613 g/mol. The van der Waals surface area contributed by atoms with E-state index in [1.807, 2.05) is 24.3 Å². The Morgan fingerprint density at radius 3 is 2.38 bits per heavy atom. The molecule has 2 aliphatic rings. The van der Waals surface area contributed by atoms with Gasteiger partial charge in [0.15, 0.2) is 4.91 Å². The zero-order chi connectivity index (χ0) is 29.5. The first-order valence-electron chi connectivity index (χ1n) is 12.6. The van der Waals surface area contributed by atoms with Crippen LogP contribution < -0.4 is 4.90 Å². The number of thioether (sulfide) groups is 2. The molecule has 1 atom stereocenters. The van der Waals surface area contributed by atoms with E-state index in [0.29, 0.717) is 0 Å². The summed E-state index contributed by atoms with van der Waals surface area (Å²) in [6, 6.07) is 7.35. The van der Waals surface area contributed by atoms with Gasteiger partial charge in [0, 0.05) is 40.7 Å². The highest BCUT2D eigenvalue weighted by atomic mass is 32.2. The second kappa shape index (κ2) is 13.9. The summed E-state index contributed by atoms with van der Waals surface area (Å²) in [5.74, 6) is 0.318. The molecule has 1 aromatic carbocycles. The van der Waals surface area contributed by atoms with Gasteiger partial charge in [-0.2, -0.15) is 20.2 Å². The molecule has 1 aromatic rings. The predicted octanol–water partition coefficient (Wildman–Crippen LogP) is 3.42. The van der Waals surface area contributed by atoms with Gasteiger partial charge in [-0.1, -0.05) is 44.2 Å². The van der Waals surface area contributed by atoms with Gasteiger partial charge in [0.1, 0.15) is 19.8 Å². The molecule has 0 radical (unpaired) electrons. The van der Waals surface area contributed by atoms with E-state index in [4.69, 9.17) is 18.4 Å². The molecule has 2 aliphatic heterocycles. The summed E-state index contributed by atoms with van der Waals surface area (Å²) in [4.78, 5) is 38.1. The summed E-state index contributed by atoms with van der Waals surface area (Å²) < 4.78 is 45.9. The zero-order valence-corrected chi connectivity index (χ0v) is 25.5. The molecule has 2 heterocycles. The minimum atomic E-state index is -4.46. The van der Waals surface area contributed by atoms with Crippen molar-refractivity contribution < 1.29 is 41.2 Å². The number of fused-ring (bicyclic) bond motifs is 1. The van der Waals surface area contributed by atoms with Crippen molar-refractivity contribution >= 4 is 57.2 Å². The molecular weight excluding hydrogens is 578 g/mol. The molecule has 0 aliphatic carbocycles. The van der Waals surface area contributed by atoms with Crippen LogP contribution in [0.5, 0.6) is 0 Å². The Hall–Kier alpha value is -2.48. The molecule has 3 rings (SSSR count). The summed E-state index contributed by atoms with van der Waals surface area (Å²) in [6.07, 6.45) is -0.332. The lowest BCUT2D eigenvalue weighted by Crippen LogP contribution is -2.32. The Bertz CT molecular complexity index is 1270. The van der Waals surface area contributed by atoms with Crippen LogP contribution in [-0.4, -0.2) is 82.8 Å². The van der Waals surface area contributed by atoms with Crippen LogP contribution in [0.15, 0.2) is 47.0 Å². The maximum Gasteiger partial charge on any atom is 0.354 e. The third-order valence-corrected chi connectivity index (χ3v) is 10.5. The molecule has 40 heavy (non-hydrogen) atoms. The second-order valence-electron chi connectivity index (χ2n) is 9.74. The van der Waals surface area contributed by atoms with Crippen molar-refractivity contribution in [3.8, 4) is 0 Å². The minimum absolute atomic E-state index is 0.139. The van der Waals surface area contributed by atoms with Crippen LogP contribution in [0.3, 0.4) is 0 Å². The van der Waals surface area contributed by atoms with E-state index in [0.717, 1.165) is 41.2 Å². The topological polar surface area (TPSA) is 126 Å². The average Bonchev–Trinajstić information content (AvgIpc) is 3.04. The van der Waals surface area contributed by atoms with E-state index >= 15 is 0 Å². The lowest BCUT2D eigenvalue weighted by Gasteiger charge is -2.26. The first kappa shape index (κ1) is 32.0. The Kier molecular flexibility index (Phi) is 11.2. The second-order valence-corrected chi connectivity index (χ2v) is 13.7. The lowest BCUT2D eigenvalue weighted by molar-refractivity contribution is -0.152. The molecule has 0 N–H and O–H groups in total. The van der Waals surface area contributed by atoms with Crippen molar-refractivity contribution in [2.24, 2.45) is 0 Å². The van der Waals surface area contributed by atoms with E-state index < -0.39 is 38.3 Å². The highest BCUT2D eigenvalue weighted by Crippen LogP contribution is 2.48. The number of ether oxygens (including phenoxy) is 3. The number of para-hydroxylation sites is 1. The van der Waals surface area contributed by atoms with Gasteiger partial charge in [-0.05, 0) is 11.6 Å². The number of rotatable bonds is 11. The van der Waals surface area contributed by atoms with E-state index in [9.17, 15) is 22.8 Å². The summed E-state index contributed by atoms with van der Waals surface area (Å²) in [6.45, 7) is 7.18. The van der Waals surface area contributed by atoms with Crippen LogP contribution >= 0.6 is 23.5 Å². The number of hydrogen-bond donors (Lipinski definition) is 0. The molecule has 0 spiro atoms. The molecule has 220 valence electrons. The number of anilines is 1. The molecule has 0 saturated carbocycles. The highest BCUT2D eigenvalue weighted by molar-refractivity contribution is 8.04. The van der Waals surface area contributed by atoms with E-state index in [1.165, 1.54) is 0 Å². The summed E-state index contributed by atoms with van der Waals surface area (Å²) in [5.41, 5.74) is 2.13. The molecule has 1 unspecified atom stereocenters. The Labute approximate surface area is 243 Å². The number of carbonyl (C=O) groups excluding carboxylic acids is 3. The van der Waals surface area contributed by atoms with Crippen molar-refractivity contribution in [2.75, 3.05) is 56.1 Å². The number of esters is 3. The quantitative estimate of drug-likeness (QED) is 0.0907. The highest BCUT2D eigenvalue weighted by Gasteiger charge is 2.46. The number of likely N-dealkylation sites (N-methyl/N-ethyl adjacent to an activating group) is 1. The smallest absolute Gasteiger partial charge is 0.354 e. The standard InChI is InChI=1S/C27H35NO9S3/c1-18-15-38-17-19(39-16-18)14-37-23(30)11-10-22(29)35-12-13-36-26(31)24(40(32,33)34-5)25-27(2,3)20-8-6-7-9-21(20)28(25)4/h6-9,19H,1,10-17H2,2-5H3. The normalized spacial score (nSPS) is 19.9. The van der Waals surface area contributed by atoms with Crippen LogP contribution in [0, 0.1) is 0 Å². The molecule has 10 nitrogen and oxygen atoms in total. The summed E-state index contributed by atoms with van der Waals surface area (Å²) in [7, 11) is -1.82. The molecule has 13 heteroatoms. The molecule has 1 fully saturated rings. The van der Waals surface area contributed by atoms with Gasteiger partial charge in [0.25, 0.3) is 0 Å². The van der Waals surface area contributed by atoms with Crippen LogP contribution in [0.1, 0.15) is 32.3 Å². The Morgan fingerprint density at radius 1 is 1.05 bits per heavy atom. The van der Waals surface area contributed by atoms with Crippen molar-refractivity contribution in [1.29, 1.82) is 0 Å². The average molecular weight is 614 g/mol. The molecule has 0 bridgehead atoms. The molecular formula is C27H35NO9S3. The maximum atomic E-state index is 13.0. The van der Waals surface area contributed by atoms with Crippen LogP contribution in [0.4, 0.5) is 5.69 Å². The summed E-state index contributed by atoms with van der Waals surface area (Å²) in [5, 5.41) is 0.181. The van der Waals surface area contributed by atoms with Crippen molar-refractivity contribution in [3.05, 3.63) is 52.6 Å². The zero-order valence-electron chi connectivity index (χ0n) is 23.1. The van der Waals surface area contributed by atoms with Crippen LogP contribution in [-0.2, 0) is 48.3 Å². The fourth-order valence-corrected chi connectivity index (χ4v) is 7.91.